The Labute approximate surface area is 122 Å². The number of nitrogens with one attached hydrogen (secondary N) is 1. The van der Waals surface area contributed by atoms with Gasteiger partial charge in [0.05, 0.1) is 4.90 Å². The van der Waals surface area contributed by atoms with Crippen molar-refractivity contribution in [2.24, 2.45) is 5.73 Å². The van der Waals surface area contributed by atoms with Crippen LogP contribution in [0.1, 0.15) is 31.2 Å². The van der Waals surface area contributed by atoms with E-state index < -0.39 is 15.6 Å². The molecule has 2 rings (SSSR count). The van der Waals surface area contributed by atoms with Gasteiger partial charge in [0, 0.05) is 16.6 Å². The monoisotopic (exact) mass is 346 g/mol. The third-order valence-corrected chi connectivity index (χ3v) is 6.39. The molecule has 1 aromatic rings. The minimum atomic E-state index is -3.53. The normalized spacial score (nSPS) is 18.7. The van der Waals surface area contributed by atoms with Crippen LogP contribution < -0.4 is 10.5 Å². The molecule has 0 saturated heterocycles. The topological polar surface area (TPSA) is 72.2 Å². The Balaban J connectivity index is 2.35. The Kier molecular flexibility index (Phi) is 4.35. The van der Waals surface area contributed by atoms with Gasteiger partial charge in [0.1, 0.15) is 0 Å². The smallest absolute Gasteiger partial charge is 0.241 e. The van der Waals surface area contributed by atoms with E-state index in [0.29, 0.717) is 11.4 Å². The van der Waals surface area contributed by atoms with E-state index in [2.05, 4.69) is 20.7 Å². The number of nitrogens with two attached hydrogens (primary N) is 1. The maximum absolute atomic E-state index is 12.5. The largest absolute Gasteiger partial charge is 0.329 e. The van der Waals surface area contributed by atoms with Gasteiger partial charge in [0.2, 0.25) is 10.0 Å². The van der Waals surface area contributed by atoms with Crippen LogP contribution in [0.3, 0.4) is 0 Å². The van der Waals surface area contributed by atoms with Gasteiger partial charge in [-0.05, 0) is 37.5 Å². The van der Waals surface area contributed by atoms with Gasteiger partial charge < -0.3 is 5.73 Å². The summed E-state index contributed by atoms with van der Waals surface area (Å²) in [6.45, 7) is 2.14. The summed E-state index contributed by atoms with van der Waals surface area (Å²) in [4.78, 5) is 0.321. The Hall–Kier alpha value is -0.430. The fraction of sp³-hybridized carbons (Fsp3) is 0.538. The summed E-state index contributed by atoms with van der Waals surface area (Å²) in [5, 5.41) is 0. The Morgan fingerprint density at radius 2 is 2.00 bits per heavy atom. The maximum atomic E-state index is 12.5. The second kappa shape index (κ2) is 5.52. The molecule has 106 valence electrons. The van der Waals surface area contributed by atoms with Gasteiger partial charge in [-0.2, -0.15) is 0 Å². The van der Waals surface area contributed by atoms with E-state index in [1.807, 2.05) is 6.07 Å². The molecule has 1 aliphatic rings. The maximum Gasteiger partial charge on any atom is 0.241 e. The Bertz CT molecular complexity index is 566. The highest BCUT2D eigenvalue weighted by Crippen LogP contribution is 2.31. The van der Waals surface area contributed by atoms with Gasteiger partial charge in [-0.3, -0.25) is 0 Å². The fourth-order valence-electron chi connectivity index (χ4n) is 2.62. The molecule has 3 N–H and O–H groups in total. The molecule has 0 unspecified atom stereocenters. The summed E-state index contributed by atoms with van der Waals surface area (Å²) in [7, 11) is -3.53. The second-order valence-corrected chi connectivity index (χ2v) is 7.67. The predicted octanol–water partition coefficient (Wildman–Crippen LogP) is 2.31. The molecule has 1 aliphatic carbocycles. The van der Waals surface area contributed by atoms with Gasteiger partial charge in [0.25, 0.3) is 0 Å². The highest BCUT2D eigenvalue weighted by molar-refractivity contribution is 9.10. The molecule has 1 saturated carbocycles. The number of halogens is 1. The van der Waals surface area contributed by atoms with E-state index in [-0.39, 0.29) is 0 Å². The lowest BCUT2D eigenvalue weighted by molar-refractivity contribution is 0.399. The van der Waals surface area contributed by atoms with Gasteiger partial charge >= 0.3 is 0 Å². The molecule has 1 fully saturated rings. The number of hydrogen-bond acceptors (Lipinski definition) is 3. The van der Waals surface area contributed by atoms with E-state index in [4.69, 9.17) is 5.73 Å². The number of hydrogen-bond donors (Lipinski definition) is 2. The first kappa shape index (κ1) is 15.0. The van der Waals surface area contributed by atoms with Crippen LogP contribution in [-0.4, -0.2) is 20.5 Å². The average Bonchev–Trinajstić information content (AvgIpc) is 2.81. The van der Waals surface area contributed by atoms with Crippen LogP contribution in [0.15, 0.2) is 27.6 Å². The molecule has 0 radical (unpaired) electrons. The van der Waals surface area contributed by atoms with Crippen LogP contribution in [0, 0.1) is 6.92 Å². The summed E-state index contributed by atoms with van der Waals surface area (Å²) >= 11 is 3.36. The molecular weight excluding hydrogens is 328 g/mol. The van der Waals surface area contributed by atoms with Crippen molar-refractivity contribution in [2.45, 2.75) is 43.0 Å². The first-order valence-electron chi connectivity index (χ1n) is 6.39. The van der Waals surface area contributed by atoms with Crippen LogP contribution in [-0.2, 0) is 10.0 Å². The van der Waals surface area contributed by atoms with Gasteiger partial charge in [-0.1, -0.05) is 34.8 Å². The number of rotatable bonds is 4. The van der Waals surface area contributed by atoms with Crippen LogP contribution in [0.4, 0.5) is 0 Å². The van der Waals surface area contributed by atoms with Crippen LogP contribution >= 0.6 is 15.9 Å². The Morgan fingerprint density at radius 3 is 2.58 bits per heavy atom. The van der Waals surface area contributed by atoms with Crippen molar-refractivity contribution in [3.8, 4) is 0 Å². The highest BCUT2D eigenvalue weighted by atomic mass is 79.9. The second-order valence-electron chi connectivity index (χ2n) is 5.16. The summed E-state index contributed by atoms with van der Waals surface area (Å²) in [5.41, 5.74) is 6.04. The molecule has 0 atom stereocenters. The summed E-state index contributed by atoms with van der Waals surface area (Å²) < 4.78 is 28.7. The zero-order valence-electron chi connectivity index (χ0n) is 10.9. The van der Waals surface area contributed by atoms with E-state index in [9.17, 15) is 8.42 Å². The van der Waals surface area contributed by atoms with Gasteiger partial charge in [0.15, 0.2) is 0 Å². The zero-order valence-corrected chi connectivity index (χ0v) is 13.4. The number of sulfonamides is 1. The van der Waals surface area contributed by atoms with Gasteiger partial charge in [-0.15, -0.1) is 0 Å². The summed E-state index contributed by atoms with van der Waals surface area (Å²) in [6.07, 6.45) is 3.68. The lowest BCUT2D eigenvalue weighted by Gasteiger charge is -2.28. The molecule has 0 aliphatic heterocycles. The minimum absolute atomic E-state index is 0.321. The molecule has 0 spiro atoms. The molecule has 0 amide bonds. The van der Waals surface area contributed by atoms with Crippen LogP contribution in [0.2, 0.25) is 0 Å². The molecule has 4 nitrogen and oxygen atoms in total. The lowest BCUT2D eigenvalue weighted by Crippen LogP contribution is -2.51. The average molecular weight is 347 g/mol. The third kappa shape index (κ3) is 3.02. The predicted molar refractivity (Wildman–Crippen MR) is 79.5 cm³/mol. The van der Waals surface area contributed by atoms with Crippen molar-refractivity contribution in [3.63, 3.8) is 0 Å². The van der Waals surface area contributed by atoms with Crippen molar-refractivity contribution in [1.29, 1.82) is 0 Å². The fourth-order valence-corrected chi connectivity index (χ4v) is 4.85. The quantitative estimate of drug-likeness (QED) is 0.878. The van der Waals surface area contributed by atoms with Gasteiger partial charge in [-0.25, -0.2) is 13.1 Å². The number of benzene rings is 1. The first-order valence-corrected chi connectivity index (χ1v) is 8.67. The van der Waals surface area contributed by atoms with Crippen molar-refractivity contribution in [2.75, 3.05) is 6.54 Å². The van der Waals surface area contributed by atoms with Crippen molar-refractivity contribution >= 4 is 26.0 Å². The third-order valence-electron chi connectivity index (χ3n) is 3.81. The molecular formula is C13H19BrN2O2S. The van der Waals surface area contributed by atoms with Crippen molar-refractivity contribution < 1.29 is 8.42 Å². The van der Waals surface area contributed by atoms with E-state index >= 15 is 0 Å². The molecule has 19 heavy (non-hydrogen) atoms. The molecule has 0 aromatic heterocycles. The zero-order chi connectivity index (χ0) is 14.1. The molecule has 6 heteroatoms. The SMILES string of the molecule is Cc1c(Br)cccc1S(=O)(=O)NC1(CN)CCCC1. The Morgan fingerprint density at radius 1 is 1.37 bits per heavy atom. The standard InChI is InChI=1S/C13H19BrN2O2S/c1-10-11(14)5-4-6-12(10)19(17,18)16-13(9-15)7-2-3-8-13/h4-6,16H,2-3,7-9,15H2,1H3. The summed E-state index contributed by atoms with van der Waals surface area (Å²) in [6, 6.07) is 5.19. The summed E-state index contributed by atoms with van der Waals surface area (Å²) in [5.74, 6) is 0. The van der Waals surface area contributed by atoms with E-state index in [1.165, 1.54) is 0 Å². The van der Waals surface area contributed by atoms with Crippen molar-refractivity contribution in [3.05, 3.63) is 28.2 Å². The lowest BCUT2D eigenvalue weighted by atomic mass is 10.0. The van der Waals surface area contributed by atoms with Crippen LogP contribution in [0.5, 0.6) is 0 Å². The highest BCUT2D eigenvalue weighted by Gasteiger charge is 2.37. The minimum Gasteiger partial charge on any atom is -0.329 e. The molecule has 0 heterocycles. The van der Waals surface area contributed by atoms with Crippen molar-refractivity contribution in [1.82, 2.24) is 4.72 Å². The van der Waals surface area contributed by atoms with E-state index in [1.54, 1.807) is 19.1 Å². The first-order chi connectivity index (χ1) is 8.90. The van der Waals surface area contributed by atoms with Crippen LogP contribution in [0.25, 0.3) is 0 Å². The molecule has 1 aromatic carbocycles. The van der Waals surface area contributed by atoms with E-state index in [0.717, 1.165) is 35.7 Å². The molecule has 0 bridgehead atoms.